The lowest BCUT2D eigenvalue weighted by Crippen LogP contribution is -2.40. The van der Waals surface area contributed by atoms with Crippen molar-refractivity contribution in [2.45, 2.75) is 45.7 Å². The Morgan fingerprint density at radius 3 is 2.64 bits per heavy atom. The number of nitrogens with one attached hydrogen (secondary N) is 1. The molecule has 0 bridgehead atoms. The average molecular weight is 158 g/mol. The predicted molar refractivity (Wildman–Crippen MR) is 45.9 cm³/mol. The van der Waals surface area contributed by atoms with Gasteiger partial charge in [0.1, 0.15) is 0 Å². The van der Waals surface area contributed by atoms with E-state index in [9.17, 15) is 4.79 Å². The lowest BCUT2D eigenvalue weighted by atomic mass is 10.2. The minimum Gasteiger partial charge on any atom is -0.341 e. The summed E-state index contributed by atoms with van der Waals surface area (Å²) in [6.07, 6.45) is 4.20. The summed E-state index contributed by atoms with van der Waals surface area (Å²) < 4.78 is 0. The van der Waals surface area contributed by atoms with Crippen LogP contribution >= 0.6 is 0 Å². The zero-order valence-electron chi connectivity index (χ0n) is 7.39. The summed E-state index contributed by atoms with van der Waals surface area (Å²) in [6.45, 7) is 3.63. The van der Waals surface area contributed by atoms with Gasteiger partial charge in [-0.1, -0.05) is 26.2 Å². The lowest BCUT2D eigenvalue weighted by Gasteiger charge is -2.11. The fraction of sp³-hybridized carbons (Fsp3) is 0.875. The SMILES string of the molecule is CCCCCC(N)NC(C)=O. The highest BCUT2D eigenvalue weighted by Gasteiger charge is 2.01. The fourth-order valence-corrected chi connectivity index (χ4v) is 0.948. The van der Waals surface area contributed by atoms with Crippen molar-refractivity contribution in [2.75, 3.05) is 0 Å². The van der Waals surface area contributed by atoms with Crippen LogP contribution in [-0.4, -0.2) is 12.1 Å². The second-order valence-electron chi connectivity index (χ2n) is 2.80. The van der Waals surface area contributed by atoms with Gasteiger partial charge in [0.05, 0.1) is 6.17 Å². The Labute approximate surface area is 68.3 Å². The maximum Gasteiger partial charge on any atom is 0.218 e. The Morgan fingerprint density at radius 1 is 1.55 bits per heavy atom. The van der Waals surface area contributed by atoms with Crippen molar-refractivity contribution in [3.05, 3.63) is 0 Å². The van der Waals surface area contributed by atoms with Crippen molar-refractivity contribution in [1.82, 2.24) is 5.32 Å². The van der Waals surface area contributed by atoms with Gasteiger partial charge in [0.15, 0.2) is 0 Å². The van der Waals surface area contributed by atoms with Crippen molar-refractivity contribution in [3.8, 4) is 0 Å². The molecule has 0 aliphatic rings. The minimum atomic E-state index is -0.154. The fourth-order valence-electron chi connectivity index (χ4n) is 0.948. The summed E-state index contributed by atoms with van der Waals surface area (Å²) in [4.78, 5) is 10.5. The van der Waals surface area contributed by atoms with Gasteiger partial charge in [-0.2, -0.15) is 0 Å². The lowest BCUT2D eigenvalue weighted by molar-refractivity contribution is -0.119. The second kappa shape index (κ2) is 6.16. The molecular weight excluding hydrogens is 140 g/mol. The monoisotopic (exact) mass is 158 g/mol. The highest BCUT2D eigenvalue weighted by molar-refractivity contribution is 5.73. The molecule has 0 saturated heterocycles. The summed E-state index contributed by atoms with van der Waals surface area (Å²) in [7, 11) is 0. The summed E-state index contributed by atoms with van der Waals surface area (Å²) in [5.74, 6) is -0.0472. The maximum absolute atomic E-state index is 10.5. The quantitative estimate of drug-likeness (QED) is 0.463. The molecule has 0 heterocycles. The topological polar surface area (TPSA) is 55.1 Å². The third-order valence-electron chi connectivity index (χ3n) is 1.51. The first-order valence-electron chi connectivity index (χ1n) is 4.19. The molecule has 1 atom stereocenters. The van der Waals surface area contributed by atoms with Gasteiger partial charge in [0.2, 0.25) is 5.91 Å². The van der Waals surface area contributed by atoms with Crippen molar-refractivity contribution in [3.63, 3.8) is 0 Å². The van der Waals surface area contributed by atoms with Gasteiger partial charge in [-0.25, -0.2) is 0 Å². The molecule has 0 aliphatic carbocycles. The molecule has 3 nitrogen and oxygen atoms in total. The van der Waals surface area contributed by atoms with Crippen molar-refractivity contribution in [2.24, 2.45) is 5.73 Å². The molecule has 0 aromatic carbocycles. The summed E-state index contributed by atoms with van der Waals surface area (Å²) in [5, 5.41) is 2.64. The van der Waals surface area contributed by atoms with Crippen molar-refractivity contribution in [1.29, 1.82) is 0 Å². The number of carbonyl (C=O) groups is 1. The van der Waals surface area contributed by atoms with E-state index in [0.717, 1.165) is 12.8 Å². The van der Waals surface area contributed by atoms with Gasteiger partial charge < -0.3 is 11.1 Å². The summed E-state index contributed by atoms with van der Waals surface area (Å²) >= 11 is 0. The van der Waals surface area contributed by atoms with E-state index in [0.29, 0.717) is 0 Å². The Hall–Kier alpha value is -0.570. The number of unbranched alkanes of at least 4 members (excludes halogenated alkanes) is 2. The third-order valence-corrected chi connectivity index (χ3v) is 1.51. The smallest absolute Gasteiger partial charge is 0.218 e. The highest BCUT2D eigenvalue weighted by Crippen LogP contribution is 1.99. The molecule has 0 aromatic rings. The first-order valence-corrected chi connectivity index (χ1v) is 4.19. The minimum absolute atomic E-state index is 0.0472. The molecule has 66 valence electrons. The van der Waals surface area contributed by atoms with E-state index < -0.39 is 0 Å². The largest absolute Gasteiger partial charge is 0.341 e. The molecule has 0 spiro atoms. The van der Waals surface area contributed by atoms with Crippen LogP contribution in [-0.2, 0) is 4.79 Å². The Kier molecular flexibility index (Phi) is 5.84. The number of hydrogen-bond acceptors (Lipinski definition) is 2. The molecule has 1 amide bonds. The van der Waals surface area contributed by atoms with Crippen LogP contribution in [0, 0.1) is 0 Å². The van der Waals surface area contributed by atoms with Gasteiger partial charge in [-0.15, -0.1) is 0 Å². The first-order chi connectivity index (χ1) is 5.16. The molecule has 3 heteroatoms. The van der Waals surface area contributed by atoms with E-state index in [2.05, 4.69) is 12.2 Å². The first kappa shape index (κ1) is 10.4. The summed E-state index contributed by atoms with van der Waals surface area (Å²) in [6, 6.07) is 0. The van der Waals surface area contributed by atoms with Gasteiger partial charge in [-0.05, 0) is 6.42 Å². The number of rotatable bonds is 5. The average Bonchev–Trinajstić information content (AvgIpc) is 1.86. The van der Waals surface area contributed by atoms with Crippen LogP contribution in [0.4, 0.5) is 0 Å². The van der Waals surface area contributed by atoms with Gasteiger partial charge >= 0.3 is 0 Å². The molecule has 0 aliphatic heterocycles. The standard InChI is InChI=1S/C8H18N2O/c1-3-4-5-6-8(9)10-7(2)11/h8H,3-6,9H2,1-2H3,(H,10,11). The van der Waals surface area contributed by atoms with Crippen molar-refractivity contribution < 1.29 is 4.79 Å². The van der Waals surface area contributed by atoms with Crippen molar-refractivity contribution >= 4 is 5.91 Å². The normalized spacial score (nSPS) is 12.6. The molecule has 0 fully saturated rings. The van der Waals surface area contributed by atoms with Crippen LogP contribution in [0.25, 0.3) is 0 Å². The van der Waals surface area contributed by atoms with Crippen LogP contribution in [0.3, 0.4) is 0 Å². The van der Waals surface area contributed by atoms with E-state index in [1.807, 2.05) is 0 Å². The summed E-state index contributed by atoms with van der Waals surface area (Å²) in [5.41, 5.74) is 5.58. The number of hydrogen-bond donors (Lipinski definition) is 2. The van der Waals surface area contributed by atoms with E-state index in [1.54, 1.807) is 0 Å². The second-order valence-corrected chi connectivity index (χ2v) is 2.80. The molecule has 1 unspecified atom stereocenters. The van der Waals surface area contributed by atoms with Gasteiger partial charge in [-0.3, -0.25) is 4.79 Å². The Bertz CT molecular complexity index is 115. The van der Waals surface area contributed by atoms with Crippen LogP contribution in [0.15, 0.2) is 0 Å². The van der Waals surface area contributed by atoms with E-state index >= 15 is 0 Å². The zero-order chi connectivity index (χ0) is 8.69. The maximum atomic E-state index is 10.5. The number of carbonyl (C=O) groups excluding carboxylic acids is 1. The van der Waals surface area contributed by atoms with E-state index in [-0.39, 0.29) is 12.1 Å². The third kappa shape index (κ3) is 7.33. The Morgan fingerprint density at radius 2 is 2.18 bits per heavy atom. The molecule has 0 rings (SSSR count). The predicted octanol–water partition coefficient (Wildman–Crippen LogP) is 0.988. The molecule has 0 radical (unpaired) electrons. The van der Waals surface area contributed by atoms with Crippen LogP contribution in [0.2, 0.25) is 0 Å². The molecule has 0 saturated carbocycles. The van der Waals surface area contributed by atoms with Crippen LogP contribution in [0.1, 0.15) is 39.5 Å². The van der Waals surface area contributed by atoms with Crippen LogP contribution in [0.5, 0.6) is 0 Å². The van der Waals surface area contributed by atoms with Crippen LogP contribution < -0.4 is 11.1 Å². The zero-order valence-corrected chi connectivity index (χ0v) is 7.39. The number of amides is 1. The van der Waals surface area contributed by atoms with Gasteiger partial charge in [0.25, 0.3) is 0 Å². The van der Waals surface area contributed by atoms with E-state index in [1.165, 1.54) is 19.8 Å². The molecule has 11 heavy (non-hydrogen) atoms. The van der Waals surface area contributed by atoms with Gasteiger partial charge in [0, 0.05) is 6.92 Å². The molecular formula is C8H18N2O. The van der Waals surface area contributed by atoms with E-state index in [4.69, 9.17) is 5.73 Å². The molecule has 3 N–H and O–H groups in total. The highest BCUT2D eigenvalue weighted by atomic mass is 16.1. The number of nitrogens with two attached hydrogens (primary N) is 1. The Balaban J connectivity index is 3.22. The molecule has 0 aromatic heterocycles.